The molecule has 0 saturated carbocycles. The van der Waals surface area contributed by atoms with Gasteiger partial charge in [-0.3, -0.25) is 4.79 Å². The number of methoxy groups -OCH3 is 1. The summed E-state index contributed by atoms with van der Waals surface area (Å²) in [7, 11) is 1.63. The van der Waals surface area contributed by atoms with E-state index in [0.717, 1.165) is 23.4 Å². The van der Waals surface area contributed by atoms with Gasteiger partial charge in [0.15, 0.2) is 0 Å². The molecule has 0 aliphatic heterocycles. The van der Waals surface area contributed by atoms with E-state index < -0.39 is 0 Å². The zero-order valence-electron chi connectivity index (χ0n) is 17.8. The molecule has 0 atom stereocenters. The summed E-state index contributed by atoms with van der Waals surface area (Å²) in [6, 6.07) is 22.1. The van der Waals surface area contributed by atoms with Crippen LogP contribution in [0.2, 0.25) is 0 Å². The summed E-state index contributed by atoms with van der Waals surface area (Å²) >= 11 is 0. The quantitative estimate of drug-likeness (QED) is 0.384. The smallest absolute Gasteiger partial charge is 0.226 e. The molecule has 6 heteroatoms. The van der Waals surface area contributed by atoms with Gasteiger partial charge in [-0.15, -0.1) is 0 Å². The molecule has 160 valence electrons. The molecule has 1 aliphatic carbocycles. The lowest BCUT2D eigenvalue weighted by Crippen LogP contribution is -2.11. The van der Waals surface area contributed by atoms with Gasteiger partial charge in [0, 0.05) is 24.1 Å². The van der Waals surface area contributed by atoms with Gasteiger partial charge in [-0.2, -0.15) is 4.98 Å². The maximum atomic E-state index is 12.4. The molecule has 3 aromatic carbocycles. The lowest BCUT2D eigenvalue weighted by molar-refractivity contribution is -0.116. The number of nitrogens with zero attached hydrogens (tertiary/aromatic N) is 2. The number of carbonyl (C=O) groups is 1. The van der Waals surface area contributed by atoms with Crippen molar-refractivity contribution in [3.8, 4) is 28.3 Å². The van der Waals surface area contributed by atoms with Gasteiger partial charge in [-0.05, 0) is 71.5 Å². The molecule has 1 amide bonds. The highest BCUT2D eigenvalue weighted by atomic mass is 16.5. The normalized spacial score (nSPS) is 11.7. The SMILES string of the molecule is COc1ccc(-c2noc(CCCC(=O)Nc3ccc4c(c3)Cc3ccccc3-4)n2)cc1. The van der Waals surface area contributed by atoms with E-state index in [4.69, 9.17) is 9.26 Å². The van der Waals surface area contributed by atoms with Crippen LogP contribution in [-0.4, -0.2) is 23.2 Å². The van der Waals surface area contributed by atoms with Crippen molar-refractivity contribution in [2.24, 2.45) is 0 Å². The van der Waals surface area contributed by atoms with Crippen molar-refractivity contribution in [1.29, 1.82) is 0 Å². The Morgan fingerprint density at radius 1 is 1.03 bits per heavy atom. The molecule has 0 spiro atoms. The van der Waals surface area contributed by atoms with Crippen molar-refractivity contribution in [3.05, 3.63) is 83.7 Å². The van der Waals surface area contributed by atoms with Crippen LogP contribution in [0.3, 0.4) is 0 Å². The Bertz CT molecular complexity index is 1260. The van der Waals surface area contributed by atoms with Gasteiger partial charge in [-0.25, -0.2) is 0 Å². The van der Waals surface area contributed by atoms with Crippen molar-refractivity contribution < 1.29 is 14.1 Å². The van der Waals surface area contributed by atoms with Crippen molar-refractivity contribution in [3.63, 3.8) is 0 Å². The second kappa shape index (κ2) is 8.67. The Balaban J connectivity index is 1.14. The summed E-state index contributed by atoms with van der Waals surface area (Å²) in [4.78, 5) is 16.8. The minimum absolute atomic E-state index is 0.0182. The van der Waals surface area contributed by atoms with Crippen LogP contribution in [0.4, 0.5) is 5.69 Å². The molecule has 1 aromatic heterocycles. The minimum atomic E-state index is -0.0182. The van der Waals surface area contributed by atoms with E-state index in [-0.39, 0.29) is 5.91 Å². The molecule has 0 radical (unpaired) electrons. The fourth-order valence-electron chi connectivity index (χ4n) is 4.06. The van der Waals surface area contributed by atoms with Crippen LogP contribution >= 0.6 is 0 Å². The van der Waals surface area contributed by atoms with Crippen LogP contribution in [0.25, 0.3) is 22.5 Å². The van der Waals surface area contributed by atoms with Crippen molar-refractivity contribution in [2.75, 3.05) is 12.4 Å². The van der Waals surface area contributed by atoms with E-state index in [1.54, 1.807) is 7.11 Å². The molecule has 32 heavy (non-hydrogen) atoms. The Labute approximate surface area is 186 Å². The third kappa shape index (κ3) is 4.12. The summed E-state index contributed by atoms with van der Waals surface area (Å²) in [5.41, 5.74) is 6.82. The zero-order chi connectivity index (χ0) is 21.9. The molecular weight excluding hydrogens is 402 g/mol. The van der Waals surface area contributed by atoms with Crippen LogP contribution in [0, 0.1) is 0 Å². The Morgan fingerprint density at radius 2 is 1.84 bits per heavy atom. The molecule has 1 aliphatic rings. The molecule has 1 N–H and O–H groups in total. The predicted molar refractivity (Wildman–Crippen MR) is 123 cm³/mol. The number of benzene rings is 3. The Hall–Kier alpha value is -3.93. The first-order valence-corrected chi connectivity index (χ1v) is 10.7. The molecular formula is C26H23N3O3. The highest BCUT2D eigenvalue weighted by Gasteiger charge is 2.18. The van der Waals surface area contributed by atoms with E-state index in [0.29, 0.717) is 31.0 Å². The van der Waals surface area contributed by atoms with Crippen molar-refractivity contribution >= 4 is 11.6 Å². The fourth-order valence-corrected chi connectivity index (χ4v) is 4.06. The number of aromatic nitrogens is 2. The number of amides is 1. The highest BCUT2D eigenvalue weighted by molar-refractivity contribution is 5.91. The van der Waals surface area contributed by atoms with Crippen LogP contribution in [-0.2, 0) is 17.6 Å². The molecule has 1 heterocycles. The number of carbonyl (C=O) groups excluding carboxylic acids is 1. The van der Waals surface area contributed by atoms with Gasteiger partial charge in [0.25, 0.3) is 0 Å². The average molecular weight is 425 g/mol. The molecule has 4 aromatic rings. The summed E-state index contributed by atoms with van der Waals surface area (Å²) in [6.45, 7) is 0. The summed E-state index contributed by atoms with van der Waals surface area (Å²) in [5, 5.41) is 7.04. The Kier molecular flexibility index (Phi) is 5.42. The predicted octanol–water partition coefficient (Wildman–Crippen LogP) is 5.28. The number of anilines is 1. The van der Waals surface area contributed by atoms with Gasteiger partial charge in [0.05, 0.1) is 7.11 Å². The largest absolute Gasteiger partial charge is 0.497 e. The van der Waals surface area contributed by atoms with Crippen LogP contribution in [0.5, 0.6) is 5.75 Å². The van der Waals surface area contributed by atoms with E-state index in [2.05, 4.69) is 51.9 Å². The lowest BCUT2D eigenvalue weighted by Gasteiger charge is -2.07. The van der Waals surface area contributed by atoms with Gasteiger partial charge in [0.1, 0.15) is 5.75 Å². The minimum Gasteiger partial charge on any atom is -0.497 e. The third-order valence-corrected chi connectivity index (χ3v) is 5.69. The third-order valence-electron chi connectivity index (χ3n) is 5.69. The summed E-state index contributed by atoms with van der Waals surface area (Å²) in [5.74, 6) is 1.82. The number of aryl methyl sites for hydroxylation is 1. The maximum Gasteiger partial charge on any atom is 0.226 e. The van der Waals surface area contributed by atoms with E-state index in [9.17, 15) is 4.79 Å². The van der Waals surface area contributed by atoms with E-state index in [1.165, 1.54) is 22.3 Å². The second-order valence-electron chi connectivity index (χ2n) is 7.85. The van der Waals surface area contributed by atoms with Gasteiger partial charge >= 0.3 is 0 Å². The molecule has 0 unspecified atom stereocenters. The second-order valence-corrected chi connectivity index (χ2v) is 7.85. The number of rotatable bonds is 7. The molecule has 0 bridgehead atoms. The maximum absolute atomic E-state index is 12.4. The first kappa shape index (κ1) is 20.0. The number of hydrogen-bond acceptors (Lipinski definition) is 5. The topological polar surface area (TPSA) is 77.2 Å². The molecule has 5 rings (SSSR count). The monoisotopic (exact) mass is 425 g/mol. The van der Waals surface area contributed by atoms with Crippen LogP contribution in [0.1, 0.15) is 29.9 Å². The summed E-state index contributed by atoms with van der Waals surface area (Å²) < 4.78 is 10.5. The van der Waals surface area contributed by atoms with E-state index in [1.807, 2.05) is 30.3 Å². The number of nitrogens with one attached hydrogen (secondary N) is 1. The van der Waals surface area contributed by atoms with Crippen LogP contribution in [0.15, 0.2) is 71.3 Å². The van der Waals surface area contributed by atoms with Crippen molar-refractivity contribution in [1.82, 2.24) is 10.1 Å². The van der Waals surface area contributed by atoms with Crippen LogP contribution < -0.4 is 10.1 Å². The number of ether oxygens (including phenoxy) is 1. The van der Waals surface area contributed by atoms with Gasteiger partial charge < -0.3 is 14.6 Å². The fraction of sp³-hybridized carbons (Fsp3) is 0.192. The highest BCUT2D eigenvalue weighted by Crippen LogP contribution is 2.37. The number of hydrogen-bond donors (Lipinski definition) is 1. The standard InChI is InChI=1S/C26H23N3O3/c1-31-21-12-9-17(10-13-21)26-28-25(32-29-26)8-4-7-24(30)27-20-11-14-23-19(16-20)15-18-5-2-3-6-22(18)23/h2-3,5-6,9-14,16H,4,7-8,15H2,1H3,(H,27,30). The van der Waals surface area contributed by atoms with Gasteiger partial charge in [-0.1, -0.05) is 35.5 Å². The molecule has 0 fully saturated rings. The first-order valence-electron chi connectivity index (χ1n) is 10.7. The molecule has 6 nitrogen and oxygen atoms in total. The average Bonchev–Trinajstić information content (AvgIpc) is 3.43. The summed E-state index contributed by atoms with van der Waals surface area (Å²) in [6.07, 6.45) is 2.48. The van der Waals surface area contributed by atoms with Crippen molar-refractivity contribution in [2.45, 2.75) is 25.7 Å². The van der Waals surface area contributed by atoms with E-state index >= 15 is 0 Å². The zero-order valence-corrected chi connectivity index (χ0v) is 17.8. The first-order chi connectivity index (χ1) is 15.7. The number of fused-ring (bicyclic) bond motifs is 3. The van der Waals surface area contributed by atoms with Gasteiger partial charge in [0.2, 0.25) is 17.6 Å². The lowest BCUT2D eigenvalue weighted by atomic mass is 10.1. The Morgan fingerprint density at radius 3 is 2.69 bits per heavy atom. The molecule has 0 saturated heterocycles.